The van der Waals surface area contributed by atoms with Gasteiger partial charge in [0.05, 0.1) is 18.6 Å². The van der Waals surface area contributed by atoms with Gasteiger partial charge in [-0.1, -0.05) is 13.3 Å². The Morgan fingerprint density at radius 1 is 1.67 bits per heavy atom. The molecule has 0 aliphatic heterocycles. The molecule has 5 heteroatoms. The number of carbonyl (C=O) groups is 1. The van der Waals surface area contributed by atoms with E-state index in [2.05, 4.69) is 17.2 Å². The first-order valence-electron chi connectivity index (χ1n) is 5.14. The molecular weight excluding hydrogens is 194 g/mol. The molecule has 0 saturated carbocycles. The summed E-state index contributed by atoms with van der Waals surface area (Å²) in [6.45, 7) is 2.97. The Labute approximate surface area is 89.1 Å². The molecule has 1 heterocycles. The molecule has 2 N–H and O–H groups in total. The van der Waals surface area contributed by atoms with Gasteiger partial charge in [0.25, 0.3) is 0 Å². The van der Waals surface area contributed by atoms with Gasteiger partial charge in [0, 0.05) is 12.7 Å². The maximum atomic E-state index is 11.4. The van der Waals surface area contributed by atoms with E-state index in [-0.39, 0.29) is 19.1 Å². The molecule has 0 spiro atoms. The second-order valence-electron chi connectivity index (χ2n) is 3.40. The van der Waals surface area contributed by atoms with Crippen molar-refractivity contribution in [2.24, 2.45) is 0 Å². The quantitative estimate of drug-likeness (QED) is 0.665. The number of carbonyl (C=O) groups excluding carboxylic acids is 1. The molecule has 0 aliphatic carbocycles. The number of imidazole rings is 1. The van der Waals surface area contributed by atoms with Crippen molar-refractivity contribution in [2.75, 3.05) is 6.54 Å². The number of nitrogens with zero attached hydrogens (tertiary/aromatic N) is 2. The van der Waals surface area contributed by atoms with Crippen LogP contribution >= 0.6 is 0 Å². The minimum absolute atomic E-state index is 0.0228. The molecule has 0 saturated heterocycles. The normalized spacial score (nSPS) is 10.3. The van der Waals surface area contributed by atoms with Crippen LogP contribution in [0.15, 0.2) is 12.5 Å². The molecule has 15 heavy (non-hydrogen) atoms. The van der Waals surface area contributed by atoms with Crippen LogP contribution in [0.2, 0.25) is 0 Å². The summed E-state index contributed by atoms with van der Waals surface area (Å²) in [5.41, 5.74) is 0.580. The third-order valence-corrected chi connectivity index (χ3v) is 2.03. The Morgan fingerprint density at radius 3 is 3.07 bits per heavy atom. The highest BCUT2D eigenvalue weighted by Crippen LogP contribution is 1.95. The predicted molar refractivity (Wildman–Crippen MR) is 56.1 cm³/mol. The lowest BCUT2D eigenvalue weighted by Gasteiger charge is -2.04. The van der Waals surface area contributed by atoms with E-state index >= 15 is 0 Å². The molecule has 0 radical (unpaired) electrons. The zero-order chi connectivity index (χ0) is 11.1. The van der Waals surface area contributed by atoms with Gasteiger partial charge >= 0.3 is 0 Å². The molecule has 0 fully saturated rings. The van der Waals surface area contributed by atoms with Crippen LogP contribution in [0, 0.1) is 0 Å². The third-order valence-electron chi connectivity index (χ3n) is 2.03. The zero-order valence-corrected chi connectivity index (χ0v) is 8.94. The fourth-order valence-corrected chi connectivity index (χ4v) is 1.20. The smallest absolute Gasteiger partial charge is 0.239 e. The molecule has 0 unspecified atom stereocenters. The van der Waals surface area contributed by atoms with E-state index in [1.54, 1.807) is 17.1 Å². The van der Waals surface area contributed by atoms with Gasteiger partial charge in [-0.05, 0) is 6.42 Å². The van der Waals surface area contributed by atoms with E-state index in [4.69, 9.17) is 5.11 Å². The highest BCUT2D eigenvalue weighted by Gasteiger charge is 2.02. The van der Waals surface area contributed by atoms with Gasteiger partial charge in [-0.2, -0.15) is 0 Å². The molecule has 0 aliphatic rings. The SMILES string of the molecule is CCCCNC(=O)Cn1cnc(CO)c1. The van der Waals surface area contributed by atoms with Crippen LogP contribution < -0.4 is 5.32 Å². The van der Waals surface area contributed by atoms with E-state index < -0.39 is 0 Å². The monoisotopic (exact) mass is 211 g/mol. The molecule has 0 atom stereocenters. The lowest BCUT2D eigenvalue weighted by molar-refractivity contribution is -0.121. The van der Waals surface area contributed by atoms with Crippen molar-refractivity contribution in [1.29, 1.82) is 0 Å². The van der Waals surface area contributed by atoms with Gasteiger partial charge < -0.3 is 15.0 Å². The Kier molecular flexibility index (Phi) is 4.83. The van der Waals surface area contributed by atoms with Crippen LogP contribution in [0.4, 0.5) is 0 Å². The fraction of sp³-hybridized carbons (Fsp3) is 0.600. The second kappa shape index (κ2) is 6.19. The number of unbranched alkanes of at least 4 members (excludes halogenated alkanes) is 1. The molecule has 0 aromatic carbocycles. The Morgan fingerprint density at radius 2 is 2.47 bits per heavy atom. The highest BCUT2D eigenvalue weighted by molar-refractivity contribution is 5.75. The summed E-state index contributed by atoms with van der Waals surface area (Å²) >= 11 is 0. The molecule has 5 nitrogen and oxygen atoms in total. The van der Waals surface area contributed by atoms with E-state index in [1.807, 2.05) is 0 Å². The number of nitrogens with one attached hydrogen (secondary N) is 1. The van der Waals surface area contributed by atoms with Gasteiger partial charge in [-0.25, -0.2) is 4.98 Å². The topological polar surface area (TPSA) is 67.2 Å². The molecule has 84 valence electrons. The van der Waals surface area contributed by atoms with Crippen molar-refractivity contribution in [3.63, 3.8) is 0 Å². The lowest BCUT2D eigenvalue weighted by Crippen LogP contribution is -2.27. The average molecular weight is 211 g/mol. The maximum Gasteiger partial charge on any atom is 0.239 e. The average Bonchev–Trinajstić information content (AvgIpc) is 2.66. The summed E-state index contributed by atoms with van der Waals surface area (Å²) in [5, 5.41) is 11.6. The molecule has 0 bridgehead atoms. The van der Waals surface area contributed by atoms with Crippen molar-refractivity contribution in [3.05, 3.63) is 18.2 Å². The molecular formula is C10H17N3O2. The van der Waals surface area contributed by atoms with Crippen molar-refractivity contribution in [1.82, 2.24) is 14.9 Å². The van der Waals surface area contributed by atoms with Gasteiger partial charge in [0.15, 0.2) is 0 Å². The fourth-order valence-electron chi connectivity index (χ4n) is 1.20. The van der Waals surface area contributed by atoms with Gasteiger partial charge in [-0.15, -0.1) is 0 Å². The Balaban J connectivity index is 2.31. The number of rotatable bonds is 6. The number of hydrogen-bond donors (Lipinski definition) is 2. The van der Waals surface area contributed by atoms with Crippen molar-refractivity contribution in [3.8, 4) is 0 Å². The summed E-state index contributed by atoms with van der Waals surface area (Å²) in [6, 6.07) is 0. The summed E-state index contributed by atoms with van der Waals surface area (Å²) in [5.74, 6) is -0.0228. The highest BCUT2D eigenvalue weighted by atomic mass is 16.3. The van der Waals surface area contributed by atoms with Crippen LogP contribution in [0.5, 0.6) is 0 Å². The third kappa shape index (κ3) is 4.12. The molecule has 1 amide bonds. The van der Waals surface area contributed by atoms with E-state index in [1.165, 1.54) is 0 Å². The van der Waals surface area contributed by atoms with Gasteiger partial charge in [0.2, 0.25) is 5.91 Å². The van der Waals surface area contributed by atoms with Crippen molar-refractivity contribution >= 4 is 5.91 Å². The number of aromatic nitrogens is 2. The maximum absolute atomic E-state index is 11.4. The number of amides is 1. The van der Waals surface area contributed by atoms with Crippen molar-refractivity contribution in [2.45, 2.75) is 32.9 Å². The zero-order valence-electron chi connectivity index (χ0n) is 8.94. The molecule has 1 rings (SSSR count). The number of aliphatic hydroxyl groups excluding tert-OH is 1. The first-order valence-corrected chi connectivity index (χ1v) is 5.14. The van der Waals surface area contributed by atoms with E-state index in [9.17, 15) is 4.79 Å². The summed E-state index contributed by atoms with van der Waals surface area (Å²) in [7, 11) is 0. The van der Waals surface area contributed by atoms with Crippen LogP contribution in [0.25, 0.3) is 0 Å². The summed E-state index contributed by atoms with van der Waals surface area (Å²) in [4.78, 5) is 15.3. The second-order valence-corrected chi connectivity index (χ2v) is 3.40. The van der Waals surface area contributed by atoms with Crippen LogP contribution in [0.3, 0.4) is 0 Å². The molecule has 1 aromatic rings. The Hall–Kier alpha value is -1.36. The number of aliphatic hydroxyl groups is 1. The van der Waals surface area contributed by atoms with Gasteiger partial charge in [-0.3, -0.25) is 4.79 Å². The van der Waals surface area contributed by atoms with Crippen molar-refractivity contribution < 1.29 is 9.90 Å². The van der Waals surface area contributed by atoms with Crippen LogP contribution in [-0.4, -0.2) is 27.1 Å². The largest absolute Gasteiger partial charge is 0.390 e. The van der Waals surface area contributed by atoms with Crippen LogP contribution in [0.1, 0.15) is 25.5 Å². The summed E-state index contributed by atoms with van der Waals surface area (Å²) < 4.78 is 1.66. The summed E-state index contributed by atoms with van der Waals surface area (Å²) in [6.07, 6.45) is 5.28. The van der Waals surface area contributed by atoms with Crippen LogP contribution in [-0.2, 0) is 17.9 Å². The first kappa shape index (κ1) is 11.7. The van der Waals surface area contributed by atoms with E-state index in [0.29, 0.717) is 5.69 Å². The minimum Gasteiger partial charge on any atom is -0.390 e. The van der Waals surface area contributed by atoms with Gasteiger partial charge in [0.1, 0.15) is 6.54 Å². The van der Waals surface area contributed by atoms with E-state index in [0.717, 1.165) is 19.4 Å². The minimum atomic E-state index is -0.0928. The number of hydrogen-bond acceptors (Lipinski definition) is 3. The lowest BCUT2D eigenvalue weighted by atomic mass is 10.3. The molecule has 1 aromatic heterocycles. The predicted octanol–water partition coefficient (Wildman–Crippen LogP) is 0.292. The standard InChI is InChI=1S/C10H17N3O2/c1-2-3-4-11-10(15)6-13-5-9(7-14)12-8-13/h5,8,14H,2-4,6-7H2,1H3,(H,11,15). The Bertz CT molecular complexity index is 309. The first-order chi connectivity index (χ1) is 7.26.